The zero-order valence-corrected chi connectivity index (χ0v) is 13.6. The lowest BCUT2D eigenvalue weighted by molar-refractivity contribution is 0.315. The van der Waals surface area contributed by atoms with E-state index >= 15 is 0 Å². The molecule has 0 unspecified atom stereocenters. The van der Waals surface area contributed by atoms with Gasteiger partial charge in [-0.1, -0.05) is 35.5 Å². The van der Waals surface area contributed by atoms with Crippen molar-refractivity contribution >= 4 is 5.84 Å². The van der Waals surface area contributed by atoms with Gasteiger partial charge in [-0.15, -0.1) is 15.0 Å². The molecule has 3 rings (SSSR count). The van der Waals surface area contributed by atoms with E-state index in [4.69, 9.17) is 4.74 Å². The highest BCUT2D eigenvalue weighted by atomic mass is 16.5. The van der Waals surface area contributed by atoms with Crippen LogP contribution >= 0.6 is 0 Å². The van der Waals surface area contributed by atoms with Crippen molar-refractivity contribution in [2.75, 3.05) is 7.11 Å². The van der Waals surface area contributed by atoms with Crippen molar-refractivity contribution in [1.82, 2.24) is 20.2 Å². The van der Waals surface area contributed by atoms with E-state index in [1.807, 2.05) is 56.3 Å². The predicted molar refractivity (Wildman–Crippen MR) is 89.4 cm³/mol. The van der Waals surface area contributed by atoms with Gasteiger partial charge < -0.3 is 9.94 Å². The number of tetrazole rings is 1. The van der Waals surface area contributed by atoms with Gasteiger partial charge in [0.25, 0.3) is 0 Å². The molecule has 0 spiro atoms. The van der Waals surface area contributed by atoms with Crippen molar-refractivity contribution in [1.29, 1.82) is 0 Å². The normalized spacial score (nSPS) is 11.5. The lowest BCUT2D eigenvalue weighted by atomic mass is 10.0. The summed E-state index contributed by atoms with van der Waals surface area (Å²) < 4.78 is 5.26. The van der Waals surface area contributed by atoms with Crippen LogP contribution in [0, 0.1) is 13.8 Å². The van der Waals surface area contributed by atoms with E-state index in [-0.39, 0.29) is 5.84 Å². The van der Waals surface area contributed by atoms with Gasteiger partial charge in [-0.25, -0.2) is 0 Å². The van der Waals surface area contributed by atoms with E-state index < -0.39 is 0 Å². The Hall–Kier alpha value is -3.22. The van der Waals surface area contributed by atoms with Crippen LogP contribution in [-0.2, 0) is 0 Å². The number of nitrogens with zero attached hydrogens (tertiary/aromatic N) is 5. The standard InChI is InChI=1S/C17H17N5O2/c1-11-9-14(24-3)10-12(2)15(11)17(20-23)22-19-16(18-21-22)13-7-5-4-6-8-13/h4-10,23H,1-3H3/b20-17-. The van der Waals surface area contributed by atoms with Gasteiger partial charge in [0.05, 0.1) is 7.11 Å². The molecule has 24 heavy (non-hydrogen) atoms. The first kappa shape index (κ1) is 15.7. The van der Waals surface area contributed by atoms with Crippen LogP contribution in [0.4, 0.5) is 0 Å². The molecule has 1 heterocycles. The first-order valence-corrected chi connectivity index (χ1v) is 7.37. The van der Waals surface area contributed by atoms with Gasteiger partial charge in [0.1, 0.15) is 5.75 Å². The van der Waals surface area contributed by atoms with E-state index in [0.29, 0.717) is 5.82 Å². The first-order chi connectivity index (χ1) is 11.6. The third-order valence-electron chi connectivity index (χ3n) is 3.70. The average Bonchev–Trinajstić information content (AvgIpc) is 3.08. The topological polar surface area (TPSA) is 85.4 Å². The summed E-state index contributed by atoms with van der Waals surface area (Å²) in [7, 11) is 1.61. The number of hydrogen-bond donors (Lipinski definition) is 1. The Bertz CT molecular complexity index is 864. The molecule has 0 aliphatic carbocycles. The molecule has 0 bridgehead atoms. The fraction of sp³-hybridized carbons (Fsp3) is 0.176. The lowest BCUT2D eigenvalue weighted by Crippen LogP contribution is -2.19. The molecule has 0 saturated heterocycles. The summed E-state index contributed by atoms with van der Waals surface area (Å²) >= 11 is 0. The van der Waals surface area contributed by atoms with Crippen molar-refractivity contribution < 1.29 is 9.94 Å². The Balaban J connectivity index is 2.04. The summed E-state index contributed by atoms with van der Waals surface area (Å²) in [5, 5.41) is 25.3. The van der Waals surface area contributed by atoms with Gasteiger partial charge >= 0.3 is 0 Å². The van der Waals surface area contributed by atoms with E-state index in [1.165, 1.54) is 4.80 Å². The quantitative estimate of drug-likeness (QED) is 0.347. The van der Waals surface area contributed by atoms with Crippen molar-refractivity contribution in [3.63, 3.8) is 0 Å². The molecule has 3 aromatic rings. The second-order valence-corrected chi connectivity index (χ2v) is 5.33. The van der Waals surface area contributed by atoms with E-state index in [2.05, 4.69) is 20.6 Å². The van der Waals surface area contributed by atoms with Crippen LogP contribution < -0.4 is 4.74 Å². The SMILES string of the molecule is COc1cc(C)c(/C(=N/O)n2nnc(-c3ccccc3)n2)c(C)c1. The Labute approximate surface area is 139 Å². The minimum absolute atomic E-state index is 0.210. The summed E-state index contributed by atoms with van der Waals surface area (Å²) in [6, 6.07) is 13.2. The van der Waals surface area contributed by atoms with E-state index in [0.717, 1.165) is 28.0 Å². The number of aryl methyl sites for hydroxylation is 2. The molecule has 0 fully saturated rings. The summed E-state index contributed by atoms with van der Waals surface area (Å²) in [6.07, 6.45) is 0. The summed E-state index contributed by atoms with van der Waals surface area (Å²) in [4.78, 5) is 1.23. The zero-order chi connectivity index (χ0) is 17.1. The molecular formula is C17H17N5O2. The van der Waals surface area contributed by atoms with Crippen molar-refractivity contribution in [3.8, 4) is 17.1 Å². The van der Waals surface area contributed by atoms with Crippen molar-refractivity contribution in [3.05, 3.63) is 59.2 Å². The second kappa shape index (κ2) is 6.49. The Morgan fingerprint density at radius 1 is 1.12 bits per heavy atom. The van der Waals surface area contributed by atoms with Crippen LogP contribution in [0.3, 0.4) is 0 Å². The third kappa shape index (κ3) is 2.83. The Kier molecular flexibility index (Phi) is 4.24. The van der Waals surface area contributed by atoms with Crippen LogP contribution in [0.1, 0.15) is 16.7 Å². The minimum atomic E-state index is 0.210. The number of ether oxygens (including phenoxy) is 1. The Morgan fingerprint density at radius 3 is 2.38 bits per heavy atom. The first-order valence-electron chi connectivity index (χ1n) is 7.37. The Morgan fingerprint density at radius 2 is 1.79 bits per heavy atom. The smallest absolute Gasteiger partial charge is 0.222 e. The zero-order valence-electron chi connectivity index (χ0n) is 13.6. The van der Waals surface area contributed by atoms with Gasteiger partial charge in [-0.05, 0) is 42.3 Å². The number of hydrogen-bond acceptors (Lipinski definition) is 6. The molecule has 7 heteroatoms. The molecular weight excluding hydrogens is 306 g/mol. The maximum atomic E-state index is 9.52. The molecule has 122 valence electrons. The van der Waals surface area contributed by atoms with Crippen LogP contribution in [0.2, 0.25) is 0 Å². The third-order valence-corrected chi connectivity index (χ3v) is 3.70. The summed E-state index contributed by atoms with van der Waals surface area (Å²) in [5.41, 5.74) is 3.34. The monoisotopic (exact) mass is 323 g/mol. The molecule has 0 radical (unpaired) electrons. The van der Waals surface area contributed by atoms with Gasteiger partial charge in [-0.3, -0.25) is 0 Å². The molecule has 1 N–H and O–H groups in total. The van der Waals surface area contributed by atoms with Crippen molar-refractivity contribution in [2.24, 2.45) is 5.16 Å². The molecule has 0 amide bonds. The van der Waals surface area contributed by atoms with Crippen LogP contribution in [-0.4, -0.2) is 38.4 Å². The maximum absolute atomic E-state index is 9.52. The maximum Gasteiger partial charge on any atom is 0.222 e. The van der Waals surface area contributed by atoms with Crippen LogP contribution in [0.15, 0.2) is 47.6 Å². The highest BCUT2D eigenvalue weighted by Crippen LogP contribution is 2.23. The lowest BCUT2D eigenvalue weighted by Gasteiger charge is -2.12. The number of oxime groups is 1. The molecule has 2 aromatic carbocycles. The number of benzene rings is 2. The fourth-order valence-corrected chi connectivity index (χ4v) is 2.59. The molecule has 0 aliphatic rings. The van der Waals surface area contributed by atoms with E-state index in [1.54, 1.807) is 7.11 Å². The highest BCUT2D eigenvalue weighted by molar-refractivity contribution is 6.01. The van der Waals surface area contributed by atoms with E-state index in [9.17, 15) is 5.21 Å². The minimum Gasteiger partial charge on any atom is -0.497 e. The molecule has 7 nitrogen and oxygen atoms in total. The van der Waals surface area contributed by atoms with Gasteiger partial charge in [0.15, 0.2) is 0 Å². The second-order valence-electron chi connectivity index (χ2n) is 5.33. The average molecular weight is 323 g/mol. The highest BCUT2D eigenvalue weighted by Gasteiger charge is 2.18. The predicted octanol–water partition coefficient (Wildman–Crippen LogP) is 2.65. The fourth-order valence-electron chi connectivity index (χ4n) is 2.59. The summed E-state index contributed by atoms with van der Waals surface area (Å²) in [5.74, 6) is 1.41. The largest absolute Gasteiger partial charge is 0.497 e. The van der Waals surface area contributed by atoms with Gasteiger partial charge in [0, 0.05) is 11.1 Å². The number of aromatic nitrogens is 4. The van der Waals surface area contributed by atoms with Crippen molar-refractivity contribution in [2.45, 2.75) is 13.8 Å². The van der Waals surface area contributed by atoms with Gasteiger partial charge in [0.2, 0.25) is 11.7 Å². The molecule has 0 atom stereocenters. The molecule has 1 aromatic heterocycles. The molecule has 0 saturated carbocycles. The summed E-state index contributed by atoms with van der Waals surface area (Å²) in [6.45, 7) is 3.82. The number of methoxy groups -OCH3 is 1. The number of rotatable bonds is 3. The van der Waals surface area contributed by atoms with Crippen LogP contribution in [0.5, 0.6) is 5.75 Å². The van der Waals surface area contributed by atoms with Crippen LogP contribution in [0.25, 0.3) is 11.4 Å². The van der Waals surface area contributed by atoms with Gasteiger partial charge in [-0.2, -0.15) is 0 Å². The molecule has 0 aliphatic heterocycles.